The standard InChI is InChI=1S/C16H26O/c1-4-5-7-13-8-6-11-16(3)12(2)15(17)10-9-14(13)16/h8-9,12,15,17H,4-7,10-11H2,1-3H3. The topological polar surface area (TPSA) is 20.2 Å². The molecule has 1 nitrogen and oxygen atoms in total. The first kappa shape index (κ1) is 12.9. The fourth-order valence-electron chi connectivity index (χ4n) is 3.47. The van der Waals surface area contributed by atoms with E-state index in [4.69, 9.17) is 0 Å². The molecule has 0 spiro atoms. The Kier molecular flexibility index (Phi) is 3.77. The largest absolute Gasteiger partial charge is 0.392 e. The number of unbranched alkanes of at least 4 members (excludes halogenated alkanes) is 1. The number of aliphatic hydroxyl groups excluding tert-OH is 1. The van der Waals surface area contributed by atoms with E-state index in [1.54, 1.807) is 11.1 Å². The van der Waals surface area contributed by atoms with Gasteiger partial charge in [0.1, 0.15) is 0 Å². The maximum absolute atomic E-state index is 10.1. The lowest BCUT2D eigenvalue weighted by Gasteiger charge is -2.46. The van der Waals surface area contributed by atoms with Crippen LogP contribution in [-0.4, -0.2) is 11.2 Å². The van der Waals surface area contributed by atoms with E-state index in [9.17, 15) is 5.11 Å². The molecule has 0 aromatic rings. The Morgan fingerprint density at radius 1 is 1.41 bits per heavy atom. The molecule has 0 bridgehead atoms. The SMILES string of the molecule is CCCCC1=CCCC2(C)C1=CCC(O)C2C. The van der Waals surface area contributed by atoms with Crippen molar-refractivity contribution in [2.45, 2.75) is 65.4 Å². The fraction of sp³-hybridized carbons (Fsp3) is 0.750. The second-order valence-electron chi connectivity index (χ2n) is 6.00. The minimum atomic E-state index is -0.144. The summed E-state index contributed by atoms with van der Waals surface area (Å²) in [5, 5.41) is 10.1. The fourth-order valence-corrected chi connectivity index (χ4v) is 3.47. The zero-order valence-electron chi connectivity index (χ0n) is 11.5. The van der Waals surface area contributed by atoms with E-state index in [1.807, 2.05) is 0 Å². The summed E-state index contributed by atoms with van der Waals surface area (Å²) in [4.78, 5) is 0. The first-order chi connectivity index (χ1) is 8.09. The van der Waals surface area contributed by atoms with Gasteiger partial charge in [-0.25, -0.2) is 0 Å². The smallest absolute Gasteiger partial charge is 0.0608 e. The highest BCUT2D eigenvalue weighted by molar-refractivity contribution is 5.41. The molecule has 0 aromatic carbocycles. The molecule has 1 heteroatoms. The van der Waals surface area contributed by atoms with E-state index in [-0.39, 0.29) is 11.5 Å². The lowest BCUT2D eigenvalue weighted by atomic mass is 9.59. The average molecular weight is 234 g/mol. The first-order valence-electron chi connectivity index (χ1n) is 7.17. The van der Waals surface area contributed by atoms with Gasteiger partial charge in [0.2, 0.25) is 0 Å². The van der Waals surface area contributed by atoms with Crippen LogP contribution >= 0.6 is 0 Å². The Hall–Kier alpha value is -0.560. The Labute approximate surface area is 106 Å². The van der Waals surface area contributed by atoms with Crippen molar-refractivity contribution in [3.8, 4) is 0 Å². The third-order valence-electron chi connectivity index (χ3n) is 4.96. The molecule has 0 aliphatic heterocycles. The molecule has 0 radical (unpaired) electrons. The molecule has 2 aliphatic rings. The van der Waals surface area contributed by atoms with E-state index in [0.29, 0.717) is 5.92 Å². The zero-order chi connectivity index (χ0) is 12.5. The summed E-state index contributed by atoms with van der Waals surface area (Å²) in [5.74, 6) is 0.396. The number of hydrogen-bond donors (Lipinski definition) is 1. The van der Waals surface area contributed by atoms with Gasteiger partial charge >= 0.3 is 0 Å². The van der Waals surface area contributed by atoms with Crippen molar-refractivity contribution in [1.82, 2.24) is 0 Å². The predicted molar refractivity (Wildman–Crippen MR) is 72.8 cm³/mol. The van der Waals surface area contributed by atoms with Crippen molar-refractivity contribution in [2.75, 3.05) is 0 Å². The van der Waals surface area contributed by atoms with E-state index < -0.39 is 0 Å². The molecule has 0 amide bonds. The van der Waals surface area contributed by atoms with Crippen LogP contribution in [0.1, 0.15) is 59.3 Å². The molecule has 0 saturated heterocycles. The Morgan fingerprint density at radius 3 is 2.88 bits per heavy atom. The Balaban J connectivity index is 2.26. The third kappa shape index (κ3) is 2.22. The van der Waals surface area contributed by atoms with Crippen LogP contribution in [0.2, 0.25) is 0 Å². The van der Waals surface area contributed by atoms with Gasteiger partial charge in [-0.3, -0.25) is 0 Å². The van der Waals surface area contributed by atoms with E-state index in [2.05, 4.69) is 32.9 Å². The van der Waals surface area contributed by atoms with Gasteiger partial charge in [0, 0.05) is 0 Å². The molecule has 0 heterocycles. The van der Waals surface area contributed by atoms with Crippen LogP contribution < -0.4 is 0 Å². The summed E-state index contributed by atoms with van der Waals surface area (Å²) in [6.45, 7) is 6.83. The highest BCUT2D eigenvalue weighted by atomic mass is 16.3. The minimum Gasteiger partial charge on any atom is -0.392 e. The number of fused-ring (bicyclic) bond motifs is 1. The minimum absolute atomic E-state index is 0.144. The van der Waals surface area contributed by atoms with Gasteiger partial charge in [-0.15, -0.1) is 0 Å². The Morgan fingerprint density at radius 2 is 2.18 bits per heavy atom. The van der Waals surface area contributed by atoms with E-state index >= 15 is 0 Å². The molecule has 1 N–H and O–H groups in total. The van der Waals surface area contributed by atoms with Gasteiger partial charge in [-0.1, -0.05) is 39.3 Å². The number of allylic oxidation sites excluding steroid dienone is 3. The highest BCUT2D eigenvalue weighted by Crippen LogP contribution is 2.51. The van der Waals surface area contributed by atoms with Gasteiger partial charge in [0.05, 0.1) is 6.10 Å². The molecular weight excluding hydrogens is 208 g/mol. The molecule has 96 valence electrons. The molecule has 2 aliphatic carbocycles. The molecule has 0 aromatic heterocycles. The van der Waals surface area contributed by atoms with Crippen LogP contribution in [-0.2, 0) is 0 Å². The van der Waals surface area contributed by atoms with Gasteiger partial charge in [-0.2, -0.15) is 0 Å². The molecule has 3 atom stereocenters. The van der Waals surface area contributed by atoms with Crippen molar-refractivity contribution in [1.29, 1.82) is 0 Å². The Bertz CT molecular complexity index is 339. The quantitative estimate of drug-likeness (QED) is 0.774. The van der Waals surface area contributed by atoms with Crippen LogP contribution in [0.15, 0.2) is 23.3 Å². The molecule has 2 rings (SSSR count). The zero-order valence-corrected chi connectivity index (χ0v) is 11.5. The van der Waals surface area contributed by atoms with Crippen molar-refractivity contribution in [3.63, 3.8) is 0 Å². The maximum atomic E-state index is 10.1. The van der Waals surface area contributed by atoms with Crippen molar-refractivity contribution < 1.29 is 5.11 Å². The predicted octanol–water partition coefficient (Wildman–Crippen LogP) is 4.23. The van der Waals surface area contributed by atoms with Crippen molar-refractivity contribution in [2.24, 2.45) is 11.3 Å². The summed E-state index contributed by atoms with van der Waals surface area (Å²) < 4.78 is 0. The molecule has 3 unspecified atom stereocenters. The molecule has 17 heavy (non-hydrogen) atoms. The van der Waals surface area contributed by atoms with Crippen LogP contribution in [0.5, 0.6) is 0 Å². The normalized spacial score (nSPS) is 37.2. The van der Waals surface area contributed by atoms with Gasteiger partial charge < -0.3 is 5.11 Å². The highest BCUT2D eigenvalue weighted by Gasteiger charge is 2.42. The number of hydrogen-bond acceptors (Lipinski definition) is 1. The van der Waals surface area contributed by atoms with E-state index in [0.717, 1.165) is 6.42 Å². The van der Waals surface area contributed by atoms with Crippen LogP contribution in [0.4, 0.5) is 0 Å². The lowest BCUT2D eigenvalue weighted by Crippen LogP contribution is -2.40. The maximum Gasteiger partial charge on any atom is 0.0608 e. The van der Waals surface area contributed by atoms with Gasteiger partial charge in [0.15, 0.2) is 0 Å². The average Bonchev–Trinajstić information content (AvgIpc) is 2.32. The van der Waals surface area contributed by atoms with Crippen molar-refractivity contribution in [3.05, 3.63) is 23.3 Å². The van der Waals surface area contributed by atoms with Crippen molar-refractivity contribution >= 4 is 0 Å². The molecule has 0 saturated carbocycles. The summed E-state index contributed by atoms with van der Waals surface area (Å²) in [6, 6.07) is 0. The summed E-state index contributed by atoms with van der Waals surface area (Å²) in [5.41, 5.74) is 3.34. The molecular formula is C16H26O. The summed E-state index contributed by atoms with van der Waals surface area (Å²) in [7, 11) is 0. The second kappa shape index (κ2) is 4.97. The van der Waals surface area contributed by atoms with Crippen LogP contribution in [0.25, 0.3) is 0 Å². The summed E-state index contributed by atoms with van der Waals surface area (Å²) in [6.07, 6.45) is 11.6. The van der Waals surface area contributed by atoms with Gasteiger partial charge in [0.25, 0.3) is 0 Å². The first-order valence-corrected chi connectivity index (χ1v) is 7.17. The summed E-state index contributed by atoms with van der Waals surface area (Å²) >= 11 is 0. The lowest BCUT2D eigenvalue weighted by molar-refractivity contribution is 0.0406. The third-order valence-corrected chi connectivity index (χ3v) is 4.96. The second-order valence-corrected chi connectivity index (χ2v) is 6.00. The van der Waals surface area contributed by atoms with Crippen LogP contribution in [0.3, 0.4) is 0 Å². The number of rotatable bonds is 3. The van der Waals surface area contributed by atoms with E-state index in [1.165, 1.54) is 32.1 Å². The molecule has 0 fully saturated rings. The number of aliphatic hydroxyl groups is 1. The van der Waals surface area contributed by atoms with Gasteiger partial charge in [-0.05, 0) is 54.6 Å². The van der Waals surface area contributed by atoms with Crippen LogP contribution in [0, 0.1) is 11.3 Å². The monoisotopic (exact) mass is 234 g/mol.